The van der Waals surface area contributed by atoms with Gasteiger partial charge in [0.15, 0.2) is 0 Å². The van der Waals surface area contributed by atoms with Crippen LogP contribution in [0.1, 0.15) is 39.5 Å². The molecule has 1 saturated carbocycles. The predicted octanol–water partition coefficient (Wildman–Crippen LogP) is 1.06. The summed E-state index contributed by atoms with van der Waals surface area (Å²) in [6.07, 6.45) is 2.36. The van der Waals surface area contributed by atoms with E-state index in [4.69, 9.17) is 4.74 Å². The third kappa shape index (κ3) is 6.37. The van der Waals surface area contributed by atoms with Gasteiger partial charge in [-0.3, -0.25) is 14.4 Å². The molecule has 0 bridgehead atoms. The molecule has 1 rings (SSSR count). The largest absolute Gasteiger partial charge is 0.464 e. The number of rotatable bonds is 8. The number of carbonyl (C=O) groups excluding carboxylic acids is 3. The van der Waals surface area contributed by atoms with E-state index < -0.39 is 5.97 Å². The Balaban J connectivity index is 2.05. The van der Waals surface area contributed by atoms with Gasteiger partial charge in [0, 0.05) is 18.8 Å². The summed E-state index contributed by atoms with van der Waals surface area (Å²) in [4.78, 5) is 33.9. The molecular formula is C13H21NO4. The van der Waals surface area contributed by atoms with E-state index in [1.807, 2.05) is 13.8 Å². The van der Waals surface area contributed by atoms with Crippen LogP contribution in [0.15, 0.2) is 0 Å². The standard InChI is InChI=1S/C13H21NO4/c1-9(2)8-18-13(17)7-14-12(16)6-5-11(15)10-3-4-10/h9-10H,3-8H2,1-2H3,(H,14,16). The molecule has 0 atom stereocenters. The fourth-order valence-electron chi connectivity index (χ4n) is 1.42. The zero-order chi connectivity index (χ0) is 13.5. The molecule has 0 saturated heterocycles. The minimum Gasteiger partial charge on any atom is -0.464 e. The van der Waals surface area contributed by atoms with Crippen LogP contribution < -0.4 is 5.32 Å². The van der Waals surface area contributed by atoms with E-state index in [9.17, 15) is 14.4 Å². The Morgan fingerprint density at radius 3 is 2.44 bits per heavy atom. The quantitative estimate of drug-likeness (QED) is 0.658. The van der Waals surface area contributed by atoms with Crippen molar-refractivity contribution in [3.8, 4) is 0 Å². The van der Waals surface area contributed by atoms with Gasteiger partial charge >= 0.3 is 5.97 Å². The number of ether oxygens (including phenoxy) is 1. The fraction of sp³-hybridized carbons (Fsp3) is 0.769. The average molecular weight is 255 g/mol. The van der Waals surface area contributed by atoms with Crippen molar-refractivity contribution >= 4 is 17.7 Å². The molecule has 0 aromatic heterocycles. The van der Waals surface area contributed by atoms with Crippen molar-refractivity contribution in [3.05, 3.63) is 0 Å². The van der Waals surface area contributed by atoms with Crippen molar-refractivity contribution in [3.63, 3.8) is 0 Å². The van der Waals surface area contributed by atoms with E-state index in [0.717, 1.165) is 12.8 Å². The Bertz CT molecular complexity index is 321. The van der Waals surface area contributed by atoms with Crippen LogP contribution in [0.2, 0.25) is 0 Å². The molecular weight excluding hydrogens is 234 g/mol. The first-order valence-electron chi connectivity index (χ1n) is 6.44. The SMILES string of the molecule is CC(C)COC(=O)CNC(=O)CCC(=O)C1CC1. The zero-order valence-corrected chi connectivity index (χ0v) is 11.0. The maximum atomic E-state index is 11.4. The maximum Gasteiger partial charge on any atom is 0.325 e. The highest BCUT2D eigenvalue weighted by Crippen LogP contribution is 2.31. The average Bonchev–Trinajstić information content (AvgIpc) is 3.14. The molecule has 0 aromatic carbocycles. The number of nitrogens with one attached hydrogen (secondary N) is 1. The van der Waals surface area contributed by atoms with Crippen LogP contribution in [0.25, 0.3) is 0 Å². The summed E-state index contributed by atoms with van der Waals surface area (Å²) in [5.41, 5.74) is 0. The second-order valence-electron chi connectivity index (χ2n) is 5.09. The number of Topliss-reactive ketones (excluding diaryl/α,β-unsaturated/α-hetero) is 1. The molecule has 0 aliphatic heterocycles. The van der Waals surface area contributed by atoms with Crippen molar-refractivity contribution in [2.75, 3.05) is 13.2 Å². The number of amides is 1. The molecule has 5 heteroatoms. The van der Waals surface area contributed by atoms with Crippen LogP contribution in [0.3, 0.4) is 0 Å². The highest BCUT2D eigenvalue weighted by atomic mass is 16.5. The number of hydrogen-bond acceptors (Lipinski definition) is 4. The van der Waals surface area contributed by atoms with Gasteiger partial charge in [-0.2, -0.15) is 0 Å². The first-order chi connectivity index (χ1) is 8.49. The second-order valence-corrected chi connectivity index (χ2v) is 5.09. The topological polar surface area (TPSA) is 72.5 Å². The summed E-state index contributed by atoms with van der Waals surface area (Å²) >= 11 is 0. The second kappa shape index (κ2) is 7.13. The lowest BCUT2D eigenvalue weighted by atomic mass is 10.1. The molecule has 0 spiro atoms. The molecule has 102 valence electrons. The van der Waals surface area contributed by atoms with Gasteiger partial charge in [0.2, 0.25) is 5.91 Å². The molecule has 1 N–H and O–H groups in total. The van der Waals surface area contributed by atoms with Crippen molar-refractivity contribution < 1.29 is 19.1 Å². The summed E-state index contributed by atoms with van der Waals surface area (Å²) < 4.78 is 4.91. The van der Waals surface area contributed by atoms with Crippen molar-refractivity contribution in [1.29, 1.82) is 0 Å². The van der Waals surface area contributed by atoms with E-state index >= 15 is 0 Å². The lowest BCUT2D eigenvalue weighted by Crippen LogP contribution is -2.31. The maximum absolute atomic E-state index is 11.4. The van der Waals surface area contributed by atoms with Crippen molar-refractivity contribution in [2.24, 2.45) is 11.8 Å². The highest BCUT2D eigenvalue weighted by Gasteiger charge is 2.29. The lowest BCUT2D eigenvalue weighted by Gasteiger charge is -2.08. The van der Waals surface area contributed by atoms with Crippen LogP contribution in [0.4, 0.5) is 0 Å². The van der Waals surface area contributed by atoms with Crippen LogP contribution in [0, 0.1) is 11.8 Å². The van der Waals surface area contributed by atoms with Crippen LogP contribution >= 0.6 is 0 Å². The third-order valence-electron chi connectivity index (χ3n) is 2.64. The number of hydrogen-bond donors (Lipinski definition) is 1. The van der Waals surface area contributed by atoms with Crippen molar-refractivity contribution in [2.45, 2.75) is 39.5 Å². The van der Waals surface area contributed by atoms with E-state index in [2.05, 4.69) is 5.32 Å². The van der Waals surface area contributed by atoms with Crippen LogP contribution in [-0.4, -0.2) is 30.8 Å². The summed E-state index contributed by atoms with van der Waals surface area (Å²) in [5.74, 6) is -0.0850. The Morgan fingerprint density at radius 1 is 1.22 bits per heavy atom. The normalized spacial score (nSPS) is 14.4. The van der Waals surface area contributed by atoms with E-state index in [1.54, 1.807) is 0 Å². The summed E-state index contributed by atoms with van der Waals surface area (Å²) in [6.45, 7) is 4.11. The number of esters is 1. The van der Waals surface area contributed by atoms with Crippen LogP contribution in [-0.2, 0) is 19.1 Å². The minimum atomic E-state index is -0.439. The zero-order valence-electron chi connectivity index (χ0n) is 11.0. The minimum absolute atomic E-state index is 0.122. The van der Waals surface area contributed by atoms with E-state index in [1.165, 1.54) is 0 Å². The Labute approximate surface area is 107 Å². The lowest BCUT2D eigenvalue weighted by molar-refractivity contribution is -0.144. The van der Waals surface area contributed by atoms with Crippen molar-refractivity contribution in [1.82, 2.24) is 5.32 Å². The van der Waals surface area contributed by atoms with Gasteiger partial charge in [0.05, 0.1) is 6.61 Å². The fourth-order valence-corrected chi connectivity index (χ4v) is 1.42. The third-order valence-corrected chi connectivity index (χ3v) is 2.64. The first kappa shape index (κ1) is 14.7. The summed E-state index contributed by atoms with van der Waals surface area (Å²) in [5, 5.41) is 2.46. The summed E-state index contributed by atoms with van der Waals surface area (Å²) in [7, 11) is 0. The number of ketones is 1. The highest BCUT2D eigenvalue weighted by molar-refractivity contribution is 5.88. The monoisotopic (exact) mass is 255 g/mol. The van der Waals surface area contributed by atoms with Gasteiger partial charge in [-0.1, -0.05) is 13.8 Å². The van der Waals surface area contributed by atoms with Crippen LogP contribution in [0.5, 0.6) is 0 Å². The van der Waals surface area contributed by atoms with Gasteiger partial charge in [0.25, 0.3) is 0 Å². The Hall–Kier alpha value is -1.39. The van der Waals surface area contributed by atoms with Gasteiger partial charge < -0.3 is 10.1 Å². The first-order valence-corrected chi connectivity index (χ1v) is 6.44. The molecule has 1 fully saturated rings. The molecule has 0 aromatic rings. The van der Waals surface area contributed by atoms with E-state index in [0.29, 0.717) is 6.61 Å². The molecule has 18 heavy (non-hydrogen) atoms. The van der Waals surface area contributed by atoms with E-state index in [-0.39, 0.29) is 42.9 Å². The summed E-state index contributed by atoms with van der Waals surface area (Å²) in [6, 6.07) is 0. The van der Waals surface area contributed by atoms with Gasteiger partial charge in [-0.25, -0.2) is 0 Å². The van der Waals surface area contributed by atoms with Gasteiger partial charge in [-0.15, -0.1) is 0 Å². The molecule has 1 amide bonds. The molecule has 5 nitrogen and oxygen atoms in total. The van der Waals surface area contributed by atoms with Gasteiger partial charge in [0.1, 0.15) is 12.3 Å². The molecule has 0 radical (unpaired) electrons. The Morgan fingerprint density at radius 2 is 1.89 bits per heavy atom. The van der Waals surface area contributed by atoms with Gasteiger partial charge in [-0.05, 0) is 18.8 Å². The molecule has 0 unspecified atom stereocenters. The molecule has 0 heterocycles. The molecule has 1 aliphatic carbocycles. The number of carbonyl (C=O) groups is 3. The molecule has 1 aliphatic rings. The Kier molecular flexibility index (Phi) is 5.82. The predicted molar refractivity (Wildman–Crippen MR) is 65.8 cm³/mol. The smallest absolute Gasteiger partial charge is 0.325 e.